The fourth-order valence-electron chi connectivity index (χ4n) is 1.87. The van der Waals surface area contributed by atoms with Gasteiger partial charge in [0.05, 0.1) is 0 Å². The molecule has 0 saturated carbocycles. The second-order valence-corrected chi connectivity index (χ2v) is 4.24. The van der Waals surface area contributed by atoms with E-state index >= 15 is 0 Å². The Labute approximate surface area is 108 Å². The molecule has 0 fully saturated rings. The molecule has 0 spiro atoms. The van der Waals surface area contributed by atoms with Crippen LogP contribution in [-0.2, 0) is 6.42 Å². The lowest BCUT2D eigenvalue weighted by atomic mass is 10.0. The van der Waals surface area contributed by atoms with Gasteiger partial charge in [0.15, 0.2) is 0 Å². The average molecular weight is 242 g/mol. The number of hydrogen-bond acceptors (Lipinski definition) is 4. The van der Waals surface area contributed by atoms with Crippen LogP contribution in [0, 0.1) is 0 Å². The Kier molecular flexibility index (Phi) is 4.78. The summed E-state index contributed by atoms with van der Waals surface area (Å²) in [6.07, 6.45) is 11.0. The third-order valence-corrected chi connectivity index (χ3v) is 2.81. The minimum atomic E-state index is 0.258. The molecule has 0 aliphatic carbocycles. The summed E-state index contributed by atoms with van der Waals surface area (Å²) in [5, 5.41) is 3.53. The fourth-order valence-corrected chi connectivity index (χ4v) is 1.87. The Morgan fingerprint density at radius 1 is 1.11 bits per heavy atom. The number of hydrogen-bond donors (Lipinski definition) is 1. The third kappa shape index (κ3) is 3.60. The molecule has 2 aromatic heterocycles. The van der Waals surface area contributed by atoms with Crippen molar-refractivity contribution < 1.29 is 0 Å². The van der Waals surface area contributed by atoms with Crippen LogP contribution >= 0.6 is 0 Å². The molecule has 0 radical (unpaired) electrons. The molecule has 2 heterocycles. The van der Waals surface area contributed by atoms with Crippen molar-refractivity contribution in [2.24, 2.45) is 0 Å². The van der Waals surface area contributed by atoms with Crippen molar-refractivity contribution in [3.8, 4) is 0 Å². The SMILES string of the molecule is CCCNC(Cc1ccncc1)c1cncnc1. The van der Waals surface area contributed by atoms with Gasteiger partial charge in [0, 0.05) is 36.4 Å². The van der Waals surface area contributed by atoms with Crippen molar-refractivity contribution in [3.05, 3.63) is 54.4 Å². The summed E-state index contributed by atoms with van der Waals surface area (Å²) in [4.78, 5) is 12.2. The highest BCUT2D eigenvalue weighted by Gasteiger charge is 2.11. The standard InChI is InChI=1S/C14H18N4/c1-2-5-18-14(13-9-16-11-17-10-13)8-12-3-6-15-7-4-12/h3-4,6-7,9-11,14,18H,2,5,8H2,1H3. The largest absolute Gasteiger partial charge is 0.310 e. The maximum atomic E-state index is 4.09. The molecule has 0 amide bonds. The second-order valence-electron chi connectivity index (χ2n) is 4.24. The van der Waals surface area contributed by atoms with Gasteiger partial charge in [-0.15, -0.1) is 0 Å². The molecule has 1 atom stereocenters. The lowest BCUT2D eigenvalue weighted by Gasteiger charge is -2.18. The summed E-state index contributed by atoms with van der Waals surface area (Å²) >= 11 is 0. The smallest absolute Gasteiger partial charge is 0.115 e. The van der Waals surface area contributed by atoms with Crippen molar-refractivity contribution in [2.45, 2.75) is 25.8 Å². The van der Waals surface area contributed by atoms with E-state index in [0.29, 0.717) is 0 Å². The highest BCUT2D eigenvalue weighted by molar-refractivity contribution is 5.17. The molecule has 0 aliphatic rings. The van der Waals surface area contributed by atoms with E-state index in [-0.39, 0.29) is 6.04 Å². The van der Waals surface area contributed by atoms with E-state index in [1.165, 1.54) is 5.56 Å². The van der Waals surface area contributed by atoms with E-state index in [9.17, 15) is 0 Å². The van der Waals surface area contributed by atoms with Crippen LogP contribution in [0.25, 0.3) is 0 Å². The Bertz CT molecular complexity index is 444. The zero-order valence-corrected chi connectivity index (χ0v) is 10.6. The summed E-state index contributed by atoms with van der Waals surface area (Å²) in [5.74, 6) is 0. The molecule has 2 aromatic rings. The summed E-state index contributed by atoms with van der Waals surface area (Å²) in [7, 11) is 0. The predicted octanol–water partition coefficient (Wildman–Crippen LogP) is 2.16. The fraction of sp³-hybridized carbons (Fsp3) is 0.357. The maximum Gasteiger partial charge on any atom is 0.115 e. The van der Waals surface area contributed by atoms with Gasteiger partial charge in [0.1, 0.15) is 6.33 Å². The first-order chi connectivity index (χ1) is 8.90. The lowest BCUT2D eigenvalue weighted by Crippen LogP contribution is -2.24. The van der Waals surface area contributed by atoms with Crippen molar-refractivity contribution in [3.63, 3.8) is 0 Å². The molecule has 1 N–H and O–H groups in total. The van der Waals surface area contributed by atoms with Crippen LogP contribution in [0.5, 0.6) is 0 Å². The van der Waals surface area contributed by atoms with Gasteiger partial charge >= 0.3 is 0 Å². The van der Waals surface area contributed by atoms with Crippen LogP contribution < -0.4 is 5.32 Å². The van der Waals surface area contributed by atoms with Crippen molar-refractivity contribution >= 4 is 0 Å². The number of aromatic nitrogens is 3. The minimum absolute atomic E-state index is 0.258. The molecule has 0 aromatic carbocycles. The van der Waals surface area contributed by atoms with Crippen LogP contribution in [0.1, 0.15) is 30.5 Å². The number of nitrogens with one attached hydrogen (secondary N) is 1. The zero-order chi connectivity index (χ0) is 12.6. The van der Waals surface area contributed by atoms with E-state index in [2.05, 4.69) is 27.2 Å². The van der Waals surface area contributed by atoms with E-state index in [1.54, 1.807) is 6.33 Å². The molecule has 4 heteroatoms. The van der Waals surface area contributed by atoms with Crippen LogP contribution in [0.2, 0.25) is 0 Å². The van der Waals surface area contributed by atoms with Crippen molar-refractivity contribution in [1.29, 1.82) is 0 Å². The molecule has 0 saturated heterocycles. The van der Waals surface area contributed by atoms with Gasteiger partial charge in [0.2, 0.25) is 0 Å². The molecular formula is C14H18N4. The van der Waals surface area contributed by atoms with Crippen LogP contribution in [0.15, 0.2) is 43.2 Å². The van der Waals surface area contributed by atoms with Crippen molar-refractivity contribution in [1.82, 2.24) is 20.3 Å². The highest BCUT2D eigenvalue weighted by Crippen LogP contribution is 2.16. The summed E-state index contributed by atoms with van der Waals surface area (Å²) in [6.45, 7) is 3.16. The number of rotatable bonds is 6. The topological polar surface area (TPSA) is 50.7 Å². The third-order valence-electron chi connectivity index (χ3n) is 2.81. The van der Waals surface area contributed by atoms with Gasteiger partial charge in [-0.2, -0.15) is 0 Å². The van der Waals surface area contributed by atoms with Crippen LogP contribution in [-0.4, -0.2) is 21.5 Å². The molecule has 18 heavy (non-hydrogen) atoms. The van der Waals surface area contributed by atoms with E-state index in [4.69, 9.17) is 0 Å². The summed E-state index contributed by atoms with van der Waals surface area (Å²) < 4.78 is 0. The molecule has 1 unspecified atom stereocenters. The minimum Gasteiger partial charge on any atom is -0.310 e. The van der Waals surface area contributed by atoms with Crippen LogP contribution in [0.3, 0.4) is 0 Å². The van der Waals surface area contributed by atoms with Gasteiger partial charge in [-0.05, 0) is 37.1 Å². The van der Waals surface area contributed by atoms with Gasteiger partial charge in [-0.1, -0.05) is 6.92 Å². The Balaban J connectivity index is 2.10. The maximum absolute atomic E-state index is 4.09. The molecule has 0 aliphatic heterocycles. The summed E-state index contributed by atoms with van der Waals surface area (Å²) in [5.41, 5.74) is 2.39. The Morgan fingerprint density at radius 2 is 1.83 bits per heavy atom. The van der Waals surface area contributed by atoms with Gasteiger partial charge < -0.3 is 5.32 Å². The molecule has 4 nitrogen and oxygen atoms in total. The van der Waals surface area contributed by atoms with Crippen molar-refractivity contribution in [2.75, 3.05) is 6.54 Å². The number of nitrogens with zero attached hydrogens (tertiary/aromatic N) is 3. The first-order valence-corrected chi connectivity index (χ1v) is 6.27. The van der Waals surface area contributed by atoms with E-state index in [0.717, 1.165) is 24.9 Å². The zero-order valence-electron chi connectivity index (χ0n) is 10.6. The number of pyridine rings is 1. The lowest BCUT2D eigenvalue weighted by molar-refractivity contribution is 0.526. The first-order valence-electron chi connectivity index (χ1n) is 6.27. The van der Waals surface area contributed by atoms with Gasteiger partial charge in [0.25, 0.3) is 0 Å². The first kappa shape index (κ1) is 12.6. The molecule has 94 valence electrons. The molecular weight excluding hydrogens is 224 g/mol. The van der Waals surface area contributed by atoms with Gasteiger partial charge in [-0.3, -0.25) is 4.98 Å². The van der Waals surface area contributed by atoms with Gasteiger partial charge in [-0.25, -0.2) is 9.97 Å². The monoisotopic (exact) mass is 242 g/mol. The van der Waals surface area contributed by atoms with E-state index in [1.807, 2.05) is 36.9 Å². The Hall–Kier alpha value is -1.81. The van der Waals surface area contributed by atoms with Crippen LogP contribution in [0.4, 0.5) is 0 Å². The Morgan fingerprint density at radius 3 is 2.50 bits per heavy atom. The average Bonchev–Trinajstić information content (AvgIpc) is 2.45. The molecule has 2 rings (SSSR count). The summed E-state index contributed by atoms with van der Waals surface area (Å²) in [6, 6.07) is 4.35. The predicted molar refractivity (Wildman–Crippen MR) is 71.0 cm³/mol. The second kappa shape index (κ2) is 6.81. The quantitative estimate of drug-likeness (QED) is 0.843. The highest BCUT2D eigenvalue weighted by atomic mass is 14.9. The molecule has 0 bridgehead atoms. The normalized spacial score (nSPS) is 12.3. The van der Waals surface area contributed by atoms with E-state index < -0.39 is 0 Å².